The van der Waals surface area contributed by atoms with Crippen LogP contribution in [0.25, 0.3) is 0 Å². The Morgan fingerprint density at radius 2 is 2.33 bits per heavy atom. The molecule has 0 aromatic carbocycles. The Labute approximate surface area is 100 Å². The molecule has 3 N–H and O–H groups in total. The zero-order chi connectivity index (χ0) is 10.8. The Kier molecular flexibility index (Phi) is 3.25. The van der Waals surface area contributed by atoms with Crippen LogP contribution in [0.5, 0.6) is 0 Å². The topological polar surface area (TPSA) is 51.2 Å². The highest BCUT2D eigenvalue weighted by atomic mass is 79.9. The van der Waals surface area contributed by atoms with Crippen LogP contribution in [0.3, 0.4) is 0 Å². The lowest BCUT2D eigenvalue weighted by Crippen LogP contribution is -2.28. The smallest absolute Gasteiger partial charge is 0.174 e. The maximum absolute atomic E-state index is 5.59. The van der Waals surface area contributed by atoms with Crippen LogP contribution in [0, 0.1) is 6.92 Å². The van der Waals surface area contributed by atoms with Crippen molar-refractivity contribution in [2.75, 3.05) is 0 Å². The van der Waals surface area contributed by atoms with Crippen LogP contribution in [-0.2, 0) is 0 Å². The number of nitrogens with one attached hydrogen (secondary N) is 1. The first-order chi connectivity index (χ1) is 7.24. The SMILES string of the molecule is Cc1ccsc1C(NN)c1ccoc1Br. The van der Waals surface area contributed by atoms with Crippen LogP contribution in [0.4, 0.5) is 0 Å². The van der Waals surface area contributed by atoms with Crippen LogP contribution < -0.4 is 11.3 Å². The Bertz CT molecular complexity index is 411. The predicted molar refractivity (Wildman–Crippen MR) is 64.6 cm³/mol. The average molecular weight is 287 g/mol. The number of furan rings is 1. The molecule has 0 aliphatic carbocycles. The zero-order valence-corrected chi connectivity index (χ0v) is 10.6. The number of halogens is 1. The second-order valence-corrected chi connectivity index (χ2v) is 4.89. The lowest BCUT2D eigenvalue weighted by molar-refractivity contribution is 0.527. The summed E-state index contributed by atoms with van der Waals surface area (Å²) in [7, 11) is 0. The molecule has 2 aromatic rings. The molecular weight excluding hydrogens is 276 g/mol. The molecule has 3 nitrogen and oxygen atoms in total. The second kappa shape index (κ2) is 4.49. The Morgan fingerprint density at radius 1 is 1.53 bits per heavy atom. The van der Waals surface area contributed by atoms with E-state index < -0.39 is 0 Å². The van der Waals surface area contributed by atoms with E-state index in [0.29, 0.717) is 0 Å². The Hall–Kier alpha value is -0.620. The number of hydrogen-bond donors (Lipinski definition) is 2. The molecule has 2 aromatic heterocycles. The third-order valence-corrected chi connectivity index (χ3v) is 4.02. The molecular formula is C10H11BrN2OS. The Morgan fingerprint density at radius 3 is 2.80 bits per heavy atom. The predicted octanol–water partition coefficient (Wildman–Crippen LogP) is 2.96. The highest BCUT2D eigenvalue weighted by Crippen LogP contribution is 2.33. The first-order valence-electron chi connectivity index (χ1n) is 4.47. The monoisotopic (exact) mass is 286 g/mol. The number of hydrogen-bond acceptors (Lipinski definition) is 4. The minimum atomic E-state index is -0.0156. The van der Waals surface area contributed by atoms with E-state index in [1.807, 2.05) is 6.07 Å². The van der Waals surface area contributed by atoms with E-state index in [4.69, 9.17) is 10.3 Å². The van der Waals surface area contributed by atoms with Gasteiger partial charge < -0.3 is 4.42 Å². The molecule has 0 aliphatic rings. The van der Waals surface area contributed by atoms with Gasteiger partial charge in [0.2, 0.25) is 0 Å². The van der Waals surface area contributed by atoms with Gasteiger partial charge in [-0.15, -0.1) is 11.3 Å². The van der Waals surface area contributed by atoms with E-state index in [9.17, 15) is 0 Å². The van der Waals surface area contributed by atoms with Crippen LogP contribution in [0.15, 0.2) is 32.9 Å². The molecule has 0 amide bonds. The fraction of sp³-hybridized carbons (Fsp3) is 0.200. The van der Waals surface area contributed by atoms with Crippen molar-refractivity contribution >= 4 is 27.3 Å². The second-order valence-electron chi connectivity index (χ2n) is 3.22. The van der Waals surface area contributed by atoms with Crippen LogP contribution in [0.1, 0.15) is 22.0 Å². The molecule has 0 radical (unpaired) electrons. The summed E-state index contributed by atoms with van der Waals surface area (Å²) >= 11 is 5.04. The summed E-state index contributed by atoms with van der Waals surface area (Å²) in [4.78, 5) is 1.21. The zero-order valence-electron chi connectivity index (χ0n) is 8.16. The van der Waals surface area contributed by atoms with Gasteiger partial charge >= 0.3 is 0 Å². The average Bonchev–Trinajstić information content (AvgIpc) is 2.80. The molecule has 0 aliphatic heterocycles. The van der Waals surface area contributed by atoms with Crippen molar-refractivity contribution in [1.82, 2.24) is 5.43 Å². The summed E-state index contributed by atoms with van der Waals surface area (Å²) in [6, 6.07) is 3.98. The summed E-state index contributed by atoms with van der Waals surface area (Å²) in [5, 5.41) is 2.06. The number of hydrazine groups is 1. The van der Waals surface area contributed by atoms with Gasteiger partial charge in [-0.1, -0.05) is 0 Å². The van der Waals surface area contributed by atoms with Crippen molar-refractivity contribution in [3.05, 3.63) is 44.4 Å². The summed E-state index contributed by atoms with van der Waals surface area (Å²) in [6.45, 7) is 2.07. The van der Waals surface area contributed by atoms with Gasteiger partial charge in [0.1, 0.15) is 0 Å². The molecule has 80 valence electrons. The summed E-state index contributed by atoms with van der Waals surface area (Å²) < 4.78 is 5.93. The highest BCUT2D eigenvalue weighted by Gasteiger charge is 2.19. The summed E-state index contributed by atoms with van der Waals surface area (Å²) in [6.07, 6.45) is 1.65. The molecule has 5 heteroatoms. The number of nitrogens with two attached hydrogens (primary N) is 1. The van der Waals surface area contributed by atoms with Crippen molar-refractivity contribution in [2.24, 2.45) is 5.84 Å². The molecule has 1 unspecified atom stereocenters. The fourth-order valence-corrected chi connectivity index (χ4v) is 2.97. The van der Waals surface area contributed by atoms with Gasteiger partial charge in [-0.05, 0) is 45.9 Å². The van der Waals surface area contributed by atoms with Gasteiger partial charge in [0.25, 0.3) is 0 Å². The van der Waals surface area contributed by atoms with E-state index in [2.05, 4.69) is 39.7 Å². The van der Waals surface area contributed by atoms with Gasteiger partial charge in [-0.3, -0.25) is 5.84 Å². The van der Waals surface area contributed by atoms with Gasteiger partial charge in [0, 0.05) is 10.4 Å². The molecule has 2 heterocycles. The summed E-state index contributed by atoms with van der Waals surface area (Å²) in [5.41, 5.74) is 5.06. The van der Waals surface area contributed by atoms with Crippen molar-refractivity contribution in [1.29, 1.82) is 0 Å². The van der Waals surface area contributed by atoms with Gasteiger partial charge in [-0.25, -0.2) is 5.43 Å². The van der Waals surface area contributed by atoms with Gasteiger partial charge in [-0.2, -0.15) is 0 Å². The molecule has 2 rings (SSSR count). The first-order valence-corrected chi connectivity index (χ1v) is 6.14. The lowest BCUT2D eigenvalue weighted by atomic mass is 10.1. The third-order valence-electron chi connectivity index (χ3n) is 2.29. The lowest BCUT2D eigenvalue weighted by Gasteiger charge is -2.14. The van der Waals surface area contributed by atoms with E-state index in [-0.39, 0.29) is 6.04 Å². The largest absolute Gasteiger partial charge is 0.457 e. The number of thiophene rings is 1. The molecule has 0 saturated heterocycles. The van der Waals surface area contributed by atoms with Crippen molar-refractivity contribution < 1.29 is 4.42 Å². The first kappa shape index (κ1) is 10.9. The maximum Gasteiger partial charge on any atom is 0.174 e. The number of aryl methyl sites for hydroxylation is 1. The van der Waals surface area contributed by atoms with E-state index in [0.717, 1.165) is 10.2 Å². The van der Waals surface area contributed by atoms with Crippen molar-refractivity contribution in [3.8, 4) is 0 Å². The molecule has 15 heavy (non-hydrogen) atoms. The van der Waals surface area contributed by atoms with Crippen molar-refractivity contribution in [3.63, 3.8) is 0 Å². The molecule has 0 spiro atoms. The van der Waals surface area contributed by atoms with Crippen LogP contribution in [0.2, 0.25) is 0 Å². The normalized spacial score (nSPS) is 13.0. The maximum atomic E-state index is 5.59. The summed E-state index contributed by atoms with van der Waals surface area (Å²) in [5.74, 6) is 5.59. The number of rotatable bonds is 3. The molecule has 0 bridgehead atoms. The quantitative estimate of drug-likeness (QED) is 0.674. The van der Waals surface area contributed by atoms with Crippen LogP contribution in [-0.4, -0.2) is 0 Å². The third kappa shape index (κ3) is 2.01. The Balaban J connectivity index is 2.41. The minimum absolute atomic E-state index is 0.0156. The molecule has 0 fully saturated rings. The molecule has 0 saturated carbocycles. The van der Waals surface area contributed by atoms with Gasteiger partial charge in [0.05, 0.1) is 12.3 Å². The molecule has 1 atom stereocenters. The van der Waals surface area contributed by atoms with E-state index in [1.54, 1.807) is 17.6 Å². The van der Waals surface area contributed by atoms with Gasteiger partial charge in [0.15, 0.2) is 4.67 Å². The highest BCUT2D eigenvalue weighted by molar-refractivity contribution is 9.10. The van der Waals surface area contributed by atoms with E-state index >= 15 is 0 Å². The van der Waals surface area contributed by atoms with Crippen molar-refractivity contribution in [2.45, 2.75) is 13.0 Å². The van der Waals surface area contributed by atoms with E-state index in [1.165, 1.54) is 10.4 Å². The van der Waals surface area contributed by atoms with Crippen LogP contribution >= 0.6 is 27.3 Å². The fourth-order valence-electron chi connectivity index (χ4n) is 1.50. The minimum Gasteiger partial charge on any atom is -0.457 e. The standard InChI is InChI=1S/C10H11BrN2OS/c1-6-3-5-15-9(6)8(13-12)7-2-4-14-10(7)11/h2-5,8,13H,12H2,1H3.